The predicted octanol–water partition coefficient (Wildman–Crippen LogP) is 2.90. The number of rotatable bonds is 7. The number of nitriles is 1. The molecule has 24 heavy (non-hydrogen) atoms. The third kappa shape index (κ3) is 4.62. The van der Waals surface area contributed by atoms with Crippen molar-refractivity contribution >= 4 is 5.69 Å². The molecular formula is C18H19N3O3. The van der Waals surface area contributed by atoms with E-state index in [-0.39, 0.29) is 5.69 Å². The van der Waals surface area contributed by atoms with Crippen LogP contribution in [-0.2, 0) is 6.54 Å². The second-order valence-corrected chi connectivity index (χ2v) is 5.71. The monoisotopic (exact) mass is 325 g/mol. The van der Waals surface area contributed by atoms with Gasteiger partial charge in [0.15, 0.2) is 0 Å². The lowest BCUT2D eigenvalue weighted by Crippen LogP contribution is -2.28. The van der Waals surface area contributed by atoms with Crippen LogP contribution < -0.4 is 0 Å². The van der Waals surface area contributed by atoms with Crippen LogP contribution in [0, 0.1) is 27.4 Å². The first kappa shape index (κ1) is 17.6. The molecule has 0 saturated carbocycles. The third-order valence-electron chi connectivity index (χ3n) is 3.80. The normalized spacial score (nSPS) is 13.2. The fraction of sp³-hybridized carbons (Fsp3) is 0.278. The van der Waals surface area contributed by atoms with Gasteiger partial charge >= 0.3 is 0 Å². The Bertz CT molecular complexity index is 711. The van der Waals surface area contributed by atoms with E-state index in [0.717, 1.165) is 5.56 Å². The summed E-state index contributed by atoms with van der Waals surface area (Å²) in [7, 11) is 1.89. The second kappa shape index (κ2) is 8.20. The maximum atomic E-state index is 10.7. The average Bonchev–Trinajstić information content (AvgIpc) is 2.60. The van der Waals surface area contributed by atoms with Crippen molar-refractivity contribution in [2.75, 3.05) is 13.6 Å². The van der Waals surface area contributed by atoms with Crippen molar-refractivity contribution in [1.29, 1.82) is 5.26 Å². The number of benzene rings is 2. The summed E-state index contributed by atoms with van der Waals surface area (Å²) in [5.74, 6) is -0.625. The molecule has 0 aliphatic carbocycles. The van der Waals surface area contributed by atoms with Gasteiger partial charge in [0.2, 0.25) is 0 Å². The fourth-order valence-corrected chi connectivity index (χ4v) is 2.53. The number of aliphatic hydroxyl groups excluding tert-OH is 1. The number of hydrogen-bond donors (Lipinski definition) is 1. The van der Waals surface area contributed by atoms with Gasteiger partial charge in [-0.2, -0.15) is 5.26 Å². The topological polar surface area (TPSA) is 90.4 Å². The Morgan fingerprint density at radius 3 is 2.38 bits per heavy atom. The molecular weight excluding hydrogens is 306 g/mol. The molecule has 0 aliphatic rings. The second-order valence-electron chi connectivity index (χ2n) is 5.71. The number of aliphatic hydroxyl groups is 1. The summed E-state index contributed by atoms with van der Waals surface area (Å²) in [6.45, 7) is 1.07. The molecule has 0 aliphatic heterocycles. The van der Waals surface area contributed by atoms with E-state index < -0.39 is 16.9 Å². The zero-order valence-electron chi connectivity index (χ0n) is 13.4. The molecule has 0 bridgehead atoms. The Morgan fingerprint density at radius 2 is 1.83 bits per heavy atom. The van der Waals surface area contributed by atoms with Crippen LogP contribution in [0.4, 0.5) is 5.69 Å². The Balaban J connectivity index is 2.01. The van der Waals surface area contributed by atoms with Crippen LogP contribution in [0.1, 0.15) is 17.2 Å². The highest BCUT2D eigenvalue weighted by molar-refractivity contribution is 5.34. The van der Waals surface area contributed by atoms with Crippen LogP contribution in [0.5, 0.6) is 0 Å². The quantitative estimate of drug-likeness (QED) is 0.624. The van der Waals surface area contributed by atoms with Gasteiger partial charge in [-0.15, -0.1) is 0 Å². The fourth-order valence-electron chi connectivity index (χ4n) is 2.53. The molecule has 2 atom stereocenters. The van der Waals surface area contributed by atoms with Gasteiger partial charge in [-0.25, -0.2) is 0 Å². The number of hydrogen-bond acceptors (Lipinski definition) is 5. The smallest absolute Gasteiger partial charge is 0.269 e. The predicted molar refractivity (Wildman–Crippen MR) is 89.9 cm³/mol. The van der Waals surface area contributed by atoms with Gasteiger partial charge in [-0.3, -0.25) is 10.1 Å². The van der Waals surface area contributed by atoms with E-state index in [9.17, 15) is 20.5 Å². The number of nitrogens with zero attached hydrogens (tertiary/aromatic N) is 3. The summed E-state index contributed by atoms with van der Waals surface area (Å²) in [5.41, 5.74) is 1.59. The first-order valence-electron chi connectivity index (χ1n) is 7.55. The zero-order valence-corrected chi connectivity index (χ0v) is 13.4. The van der Waals surface area contributed by atoms with Crippen LogP contribution in [-0.4, -0.2) is 28.5 Å². The highest BCUT2D eigenvalue weighted by Crippen LogP contribution is 2.24. The SMILES string of the molecule is CN(Cc1ccccc1)CC(C#N)C(O)c1ccc([N+](=O)[O-])cc1. The average molecular weight is 325 g/mol. The van der Waals surface area contributed by atoms with E-state index in [1.165, 1.54) is 24.3 Å². The van der Waals surface area contributed by atoms with Gasteiger partial charge in [-0.05, 0) is 30.3 Å². The molecule has 0 heterocycles. The highest BCUT2D eigenvalue weighted by Gasteiger charge is 2.23. The van der Waals surface area contributed by atoms with Gasteiger partial charge in [0, 0.05) is 25.2 Å². The summed E-state index contributed by atoms with van der Waals surface area (Å²) in [4.78, 5) is 12.2. The van der Waals surface area contributed by atoms with E-state index in [4.69, 9.17) is 0 Å². The van der Waals surface area contributed by atoms with Gasteiger partial charge in [-0.1, -0.05) is 30.3 Å². The molecule has 0 saturated heterocycles. The minimum atomic E-state index is -0.992. The van der Waals surface area contributed by atoms with Crippen molar-refractivity contribution in [2.45, 2.75) is 12.6 Å². The molecule has 0 radical (unpaired) electrons. The van der Waals surface area contributed by atoms with Crippen LogP contribution in [0.15, 0.2) is 54.6 Å². The first-order valence-corrected chi connectivity index (χ1v) is 7.55. The van der Waals surface area contributed by atoms with Crippen LogP contribution in [0.3, 0.4) is 0 Å². The van der Waals surface area contributed by atoms with Gasteiger partial charge in [0.05, 0.1) is 23.0 Å². The van der Waals surface area contributed by atoms with E-state index in [1.54, 1.807) is 0 Å². The standard InChI is InChI=1S/C18H19N3O3/c1-20(12-14-5-3-2-4-6-14)13-16(11-19)18(22)15-7-9-17(10-8-15)21(23)24/h2-10,16,18,22H,12-13H2,1H3. The molecule has 0 fully saturated rings. The molecule has 2 aromatic carbocycles. The molecule has 124 valence electrons. The van der Waals surface area contributed by atoms with E-state index in [1.807, 2.05) is 42.3 Å². The molecule has 6 heteroatoms. The lowest BCUT2D eigenvalue weighted by molar-refractivity contribution is -0.384. The lowest BCUT2D eigenvalue weighted by Gasteiger charge is -2.23. The van der Waals surface area contributed by atoms with Crippen molar-refractivity contribution in [3.63, 3.8) is 0 Å². The lowest BCUT2D eigenvalue weighted by atomic mass is 9.96. The Kier molecular flexibility index (Phi) is 6.01. The van der Waals surface area contributed by atoms with E-state index >= 15 is 0 Å². The number of nitro groups is 1. The molecule has 0 aromatic heterocycles. The third-order valence-corrected chi connectivity index (χ3v) is 3.80. The van der Waals surface area contributed by atoms with E-state index in [2.05, 4.69) is 6.07 Å². The van der Waals surface area contributed by atoms with Crippen molar-refractivity contribution in [3.05, 3.63) is 75.8 Å². The minimum absolute atomic E-state index is 0.0411. The van der Waals surface area contributed by atoms with Crippen LogP contribution >= 0.6 is 0 Å². The Labute approximate surface area is 140 Å². The maximum Gasteiger partial charge on any atom is 0.269 e. The van der Waals surface area contributed by atoms with Gasteiger partial charge < -0.3 is 10.0 Å². The maximum absolute atomic E-state index is 10.7. The largest absolute Gasteiger partial charge is 0.387 e. The molecule has 0 amide bonds. The van der Waals surface area contributed by atoms with E-state index in [0.29, 0.717) is 18.7 Å². The van der Waals surface area contributed by atoms with Crippen molar-refractivity contribution in [2.24, 2.45) is 5.92 Å². The zero-order chi connectivity index (χ0) is 17.5. The molecule has 6 nitrogen and oxygen atoms in total. The number of non-ortho nitro benzene ring substituents is 1. The van der Waals surface area contributed by atoms with Gasteiger partial charge in [0.25, 0.3) is 5.69 Å². The minimum Gasteiger partial charge on any atom is -0.387 e. The van der Waals surface area contributed by atoms with Crippen LogP contribution in [0.25, 0.3) is 0 Å². The highest BCUT2D eigenvalue weighted by atomic mass is 16.6. The summed E-state index contributed by atoms with van der Waals surface area (Å²) in [5, 5.41) is 30.5. The number of nitro benzene ring substituents is 1. The molecule has 2 rings (SSSR count). The summed E-state index contributed by atoms with van der Waals surface area (Å²) in [6, 6.07) is 17.6. The summed E-state index contributed by atoms with van der Waals surface area (Å²) in [6.07, 6.45) is -0.992. The summed E-state index contributed by atoms with van der Waals surface area (Å²) >= 11 is 0. The van der Waals surface area contributed by atoms with Crippen molar-refractivity contribution in [3.8, 4) is 6.07 Å². The molecule has 2 aromatic rings. The summed E-state index contributed by atoms with van der Waals surface area (Å²) < 4.78 is 0. The van der Waals surface area contributed by atoms with Crippen LogP contribution in [0.2, 0.25) is 0 Å². The Morgan fingerprint density at radius 1 is 1.21 bits per heavy atom. The van der Waals surface area contributed by atoms with Crippen molar-refractivity contribution < 1.29 is 10.0 Å². The molecule has 2 unspecified atom stereocenters. The van der Waals surface area contributed by atoms with Crippen molar-refractivity contribution in [1.82, 2.24) is 4.90 Å². The Hall–Kier alpha value is -2.75. The first-order chi connectivity index (χ1) is 11.5. The van der Waals surface area contributed by atoms with Gasteiger partial charge in [0.1, 0.15) is 0 Å². The molecule has 1 N–H and O–H groups in total. The molecule has 0 spiro atoms.